The van der Waals surface area contributed by atoms with Crippen LogP contribution in [0.25, 0.3) is 0 Å². The molecule has 2 aromatic rings. The number of fused-ring (bicyclic) bond motifs is 2. The van der Waals surface area contributed by atoms with E-state index in [2.05, 4.69) is 27.0 Å². The second-order valence-corrected chi connectivity index (χ2v) is 6.74. The number of aromatic nitrogens is 3. The molecule has 0 radical (unpaired) electrons. The molecule has 1 N–H and O–H groups in total. The highest BCUT2D eigenvalue weighted by Crippen LogP contribution is 2.31. The van der Waals surface area contributed by atoms with Crippen LogP contribution in [0.5, 0.6) is 5.75 Å². The maximum Gasteiger partial charge on any atom is 0.261 e. The van der Waals surface area contributed by atoms with E-state index in [9.17, 15) is 4.79 Å². The Labute approximate surface area is 145 Å². The van der Waals surface area contributed by atoms with Crippen molar-refractivity contribution in [2.24, 2.45) is 0 Å². The molecule has 0 aliphatic carbocycles. The van der Waals surface area contributed by atoms with E-state index >= 15 is 0 Å². The van der Waals surface area contributed by atoms with Gasteiger partial charge >= 0.3 is 0 Å². The third kappa shape index (κ3) is 2.75. The van der Waals surface area contributed by atoms with Crippen LogP contribution in [0.2, 0.25) is 5.02 Å². The Balaban J connectivity index is 1.41. The first-order valence-corrected chi connectivity index (χ1v) is 8.68. The fraction of sp³-hybridized carbons (Fsp3) is 0.471. The molecule has 126 valence electrons. The molecule has 0 bridgehead atoms. The van der Waals surface area contributed by atoms with Gasteiger partial charge in [0.05, 0.1) is 0 Å². The molecule has 0 unspecified atom stereocenters. The van der Waals surface area contributed by atoms with E-state index in [-0.39, 0.29) is 11.9 Å². The molecule has 0 spiro atoms. The van der Waals surface area contributed by atoms with Crippen LogP contribution in [0.4, 0.5) is 0 Å². The molecule has 0 saturated heterocycles. The van der Waals surface area contributed by atoms with Gasteiger partial charge in [0.1, 0.15) is 17.4 Å². The van der Waals surface area contributed by atoms with E-state index in [1.54, 1.807) is 6.07 Å². The fourth-order valence-electron chi connectivity index (χ4n) is 3.42. The van der Waals surface area contributed by atoms with Crippen LogP contribution in [-0.4, -0.2) is 32.8 Å². The second kappa shape index (κ2) is 6.09. The summed E-state index contributed by atoms with van der Waals surface area (Å²) in [6.07, 6.45) is 2.63. The number of nitrogens with zero attached hydrogens (tertiary/aromatic N) is 3. The van der Waals surface area contributed by atoms with Gasteiger partial charge in [-0.3, -0.25) is 4.79 Å². The van der Waals surface area contributed by atoms with Crippen LogP contribution in [0.1, 0.15) is 30.6 Å². The molecular weight excluding hydrogens is 328 g/mol. The Morgan fingerprint density at radius 1 is 1.46 bits per heavy atom. The van der Waals surface area contributed by atoms with Crippen molar-refractivity contribution in [3.63, 3.8) is 0 Å². The van der Waals surface area contributed by atoms with Gasteiger partial charge in [-0.1, -0.05) is 18.5 Å². The molecule has 24 heavy (non-hydrogen) atoms. The third-order valence-electron chi connectivity index (χ3n) is 4.68. The monoisotopic (exact) mass is 346 g/mol. The number of amides is 1. The summed E-state index contributed by atoms with van der Waals surface area (Å²) in [6, 6.07) is 5.55. The summed E-state index contributed by atoms with van der Waals surface area (Å²) >= 11 is 6.00. The number of ether oxygens (including phenoxy) is 1. The van der Waals surface area contributed by atoms with Gasteiger partial charge < -0.3 is 14.6 Å². The first kappa shape index (κ1) is 15.4. The van der Waals surface area contributed by atoms with Crippen LogP contribution in [0, 0.1) is 0 Å². The molecule has 2 atom stereocenters. The summed E-state index contributed by atoms with van der Waals surface area (Å²) in [5.41, 5.74) is 0.987. The number of nitrogens with one attached hydrogen (secondary N) is 1. The summed E-state index contributed by atoms with van der Waals surface area (Å²) < 4.78 is 7.89. The van der Waals surface area contributed by atoms with Gasteiger partial charge in [-0.05, 0) is 30.2 Å². The number of carbonyl (C=O) groups is 1. The topological polar surface area (TPSA) is 69.0 Å². The number of hydrogen-bond donors (Lipinski definition) is 1. The maximum absolute atomic E-state index is 12.6. The summed E-state index contributed by atoms with van der Waals surface area (Å²) in [6.45, 7) is 2.79. The van der Waals surface area contributed by atoms with Gasteiger partial charge in [0.15, 0.2) is 6.10 Å². The van der Waals surface area contributed by atoms with E-state index in [4.69, 9.17) is 16.3 Å². The Hall–Kier alpha value is -2.08. The summed E-state index contributed by atoms with van der Waals surface area (Å²) in [4.78, 5) is 12.6. The molecule has 2 aliphatic rings. The Kier molecular flexibility index (Phi) is 3.92. The van der Waals surface area contributed by atoms with Crippen LogP contribution in [-0.2, 0) is 30.6 Å². The van der Waals surface area contributed by atoms with Crippen molar-refractivity contribution >= 4 is 17.5 Å². The number of halogens is 1. The van der Waals surface area contributed by atoms with E-state index < -0.39 is 6.10 Å². The van der Waals surface area contributed by atoms with Crippen LogP contribution >= 0.6 is 11.6 Å². The van der Waals surface area contributed by atoms with Crippen LogP contribution < -0.4 is 10.1 Å². The quantitative estimate of drug-likeness (QED) is 0.922. The first-order chi connectivity index (χ1) is 11.6. The zero-order valence-corrected chi connectivity index (χ0v) is 14.2. The summed E-state index contributed by atoms with van der Waals surface area (Å²) in [5.74, 6) is 2.67. The average molecular weight is 347 g/mol. The smallest absolute Gasteiger partial charge is 0.261 e. The summed E-state index contributed by atoms with van der Waals surface area (Å²) in [7, 11) is 0. The van der Waals surface area contributed by atoms with E-state index in [1.165, 1.54) is 0 Å². The first-order valence-electron chi connectivity index (χ1n) is 8.30. The highest BCUT2D eigenvalue weighted by atomic mass is 35.5. The highest BCUT2D eigenvalue weighted by Gasteiger charge is 2.32. The second-order valence-electron chi connectivity index (χ2n) is 6.30. The lowest BCUT2D eigenvalue weighted by atomic mass is 10.1. The number of hydrogen-bond acceptors (Lipinski definition) is 4. The molecular formula is C17H19ClN4O2. The van der Waals surface area contributed by atoms with Crippen LogP contribution in [0.15, 0.2) is 18.2 Å². The van der Waals surface area contributed by atoms with E-state index in [0.29, 0.717) is 11.4 Å². The minimum atomic E-state index is -0.480. The number of rotatable bonds is 3. The molecule has 2 aliphatic heterocycles. The minimum absolute atomic E-state index is 0.0677. The van der Waals surface area contributed by atoms with Crippen molar-refractivity contribution < 1.29 is 9.53 Å². The lowest BCUT2D eigenvalue weighted by Crippen LogP contribution is -2.46. The maximum atomic E-state index is 12.6. The molecule has 7 heteroatoms. The third-order valence-corrected chi connectivity index (χ3v) is 4.91. The zero-order valence-electron chi connectivity index (χ0n) is 13.5. The predicted octanol–water partition coefficient (Wildman–Crippen LogP) is 1.93. The van der Waals surface area contributed by atoms with Crippen molar-refractivity contribution in [3.8, 4) is 5.75 Å². The van der Waals surface area contributed by atoms with Crippen molar-refractivity contribution in [1.29, 1.82) is 0 Å². The van der Waals surface area contributed by atoms with Gasteiger partial charge in [-0.25, -0.2) is 0 Å². The number of carbonyl (C=O) groups excluding carboxylic acids is 1. The highest BCUT2D eigenvalue weighted by molar-refractivity contribution is 6.30. The zero-order chi connectivity index (χ0) is 16.7. The SMILES string of the molecule is CCc1nnc2n1C[C@@H](NC(=O)[C@@H]1Cc3cc(Cl)ccc3O1)CC2. The van der Waals surface area contributed by atoms with Crippen molar-refractivity contribution in [3.05, 3.63) is 40.4 Å². The number of aryl methyl sites for hydroxylation is 2. The molecule has 1 amide bonds. The molecule has 4 rings (SSSR count). The van der Waals surface area contributed by atoms with E-state index in [0.717, 1.165) is 48.8 Å². The lowest BCUT2D eigenvalue weighted by molar-refractivity contribution is -0.128. The van der Waals surface area contributed by atoms with Crippen molar-refractivity contribution in [2.75, 3.05) is 0 Å². The molecule has 0 fully saturated rings. The molecule has 6 nitrogen and oxygen atoms in total. The molecule has 0 saturated carbocycles. The van der Waals surface area contributed by atoms with Crippen LogP contribution in [0.3, 0.4) is 0 Å². The molecule has 1 aromatic heterocycles. The van der Waals surface area contributed by atoms with Crippen molar-refractivity contribution in [2.45, 2.75) is 51.3 Å². The summed E-state index contributed by atoms with van der Waals surface area (Å²) in [5, 5.41) is 12.2. The normalized spacial score (nSPS) is 21.8. The average Bonchev–Trinajstić information content (AvgIpc) is 3.17. The van der Waals surface area contributed by atoms with E-state index in [1.807, 2.05) is 12.1 Å². The van der Waals surface area contributed by atoms with Gasteiger partial charge in [0, 0.05) is 36.9 Å². The van der Waals surface area contributed by atoms with Gasteiger partial charge in [0.2, 0.25) is 0 Å². The molecule has 1 aromatic carbocycles. The van der Waals surface area contributed by atoms with Crippen molar-refractivity contribution in [1.82, 2.24) is 20.1 Å². The Morgan fingerprint density at radius 3 is 3.17 bits per heavy atom. The van der Waals surface area contributed by atoms with Gasteiger partial charge in [-0.2, -0.15) is 0 Å². The largest absolute Gasteiger partial charge is 0.480 e. The van der Waals surface area contributed by atoms with Gasteiger partial charge in [-0.15, -0.1) is 10.2 Å². The standard InChI is InChI=1S/C17H19ClN4O2/c1-2-15-20-21-16-6-4-12(9-22(15)16)19-17(23)14-8-10-7-11(18)3-5-13(10)24-14/h3,5,7,12,14H,2,4,6,8-9H2,1H3,(H,19,23)/t12-,14-/m0/s1. The lowest BCUT2D eigenvalue weighted by Gasteiger charge is -2.26. The Bertz CT molecular complexity index is 775. The predicted molar refractivity (Wildman–Crippen MR) is 89.2 cm³/mol. The van der Waals surface area contributed by atoms with Gasteiger partial charge in [0.25, 0.3) is 5.91 Å². The Morgan fingerprint density at radius 2 is 2.33 bits per heavy atom. The fourth-order valence-corrected chi connectivity index (χ4v) is 3.61. The molecule has 3 heterocycles. The minimum Gasteiger partial charge on any atom is -0.480 e. The number of benzene rings is 1.